The van der Waals surface area contributed by atoms with E-state index in [-0.39, 0.29) is 17.7 Å². The van der Waals surface area contributed by atoms with Gasteiger partial charge in [0.1, 0.15) is 5.75 Å². The molecule has 1 amide bonds. The largest absolute Gasteiger partial charge is 0.507 e. The fourth-order valence-corrected chi connectivity index (χ4v) is 4.19. The fourth-order valence-electron chi connectivity index (χ4n) is 4.19. The van der Waals surface area contributed by atoms with E-state index in [1.807, 2.05) is 60.7 Å². The van der Waals surface area contributed by atoms with E-state index >= 15 is 0 Å². The van der Waals surface area contributed by atoms with Crippen molar-refractivity contribution in [3.63, 3.8) is 0 Å². The van der Waals surface area contributed by atoms with Crippen LogP contribution < -0.4 is 14.8 Å². The number of carbonyl (C=O) groups excluding carboxylic acids is 2. The number of aromatic hydroxyl groups is 1. The molecule has 0 fully saturated rings. The molecule has 0 bridgehead atoms. The van der Waals surface area contributed by atoms with E-state index in [1.54, 1.807) is 38.5 Å². The average molecular weight is 512 g/mol. The van der Waals surface area contributed by atoms with Crippen LogP contribution in [0.1, 0.15) is 28.4 Å². The molecule has 2 N–H and O–H groups in total. The highest BCUT2D eigenvalue weighted by molar-refractivity contribution is 5.98. The Morgan fingerprint density at radius 3 is 2.00 bits per heavy atom. The van der Waals surface area contributed by atoms with Crippen LogP contribution >= 0.6 is 0 Å². The van der Waals surface area contributed by atoms with Crippen molar-refractivity contribution < 1.29 is 28.9 Å². The third kappa shape index (κ3) is 5.95. The number of benzene rings is 4. The standard InChI is InChI=1S/C31H29NO6/c1-36-28-16-14-24(18-29(28)37-2)23-13-15-27(33)25(17-23)31(35)32-26(19-30(34)38-3)22-11-9-21(10-12-22)20-7-5-4-6-8-20/h4-18,26,33H,19H2,1-3H3,(H,32,35). The molecule has 1 atom stereocenters. The molecule has 0 radical (unpaired) electrons. The minimum Gasteiger partial charge on any atom is -0.507 e. The number of phenolic OH excluding ortho intramolecular Hbond substituents is 1. The number of carbonyl (C=O) groups is 2. The molecular formula is C31H29NO6. The molecule has 4 aromatic rings. The summed E-state index contributed by atoms with van der Waals surface area (Å²) in [4.78, 5) is 25.5. The van der Waals surface area contributed by atoms with Gasteiger partial charge in [-0.3, -0.25) is 9.59 Å². The van der Waals surface area contributed by atoms with Crippen LogP contribution in [0.5, 0.6) is 17.2 Å². The van der Waals surface area contributed by atoms with E-state index in [2.05, 4.69) is 5.32 Å². The van der Waals surface area contributed by atoms with E-state index in [0.717, 1.165) is 22.3 Å². The molecule has 0 saturated heterocycles. The highest BCUT2D eigenvalue weighted by Gasteiger charge is 2.22. The lowest BCUT2D eigenvalue weighted by Gasteiger charge is -2.19. The molecule has 1 unspecified atom stereocenters. The van der Waals surface area contributed by atoms with E-state index in [4.69, 9.17) is 14.2 Å². The van der Waals surface area contributed by atoms with Gasteiger partial charge >= 0.3 is 5.97 Å². The van der Waals surface area contributed by atoms with Crippen LogP contribution in [0.25, 0.3) is 22.3 Å². The van der Waals surface area contributed by atoms with Crippen LogP contribution in [0.15, 0.2) is 91.0 Å². The first-order valence-corrected chi connectivity index (χ1v) is 12.0. The monoisotopic (exact) mass is 511 g/mol. The second-order valence-electron chi connectivity index (χ2n) is 8.60. The fraction of sp³-hybridized carbons (Fsp3) is 0.161. The van der Waals surface area contributed by atoms with Crippen molar-refractivity contribution >= 4 is 11.9 Å². The number of methoxy groups -OCH3 is 3. The van der Waals surface area contributed by atoms with Crippen LogP contribution in [-0.4, -0.2) is 38.3 Å². The van der Waals surface area contributed by atoms with Crippen LogP contribution in [0.4, 0.5) is 0 Å². The number of hydrogen-bond donors (Lipinski definition) is 2. The zero-order chi connectivity index (χ0) is 27.1. The van der Waals surface area contributed by atoms with Gasteiger partial charge in [0.05, 0.1) is 39.4 Å². The normalized spacial score (nSPS) is 11.3. The maximum Gasteiger partial charge on any atom is 0.307 e. The molecule has 7 heteroatoms. The quantitative estimate of drug-likeness (QED) is 0.277. The minimum absolute atomic E-state index is 0.0664. The summed E-state index contributed by atoms with van der Waals surface area (Å²) in [6.07, 6.45) is -0.0664. The summed E-state index contributed by atoms with van der Waals surface area (Å²) in [7, 11) is 4.41. The molecule has 4 rings (SSSR count). The van der Waals surface area contributed by atoms with Gasteiger partial charge in [-0.1, -0.05) is 66.7 Å². The van der Waals surface area contributed by atoms with Gasteiger partial charge in [0.2, 0.25) is 0 Å². The lowest BCUT2D eigenvalue weighted by Crippen LogP contribution is -2.30. The summed E-state index contributed by atoms with van der Waals surface area (Å²) in [6.45, 7) is 0. The van der Waals surface area contributed by atoms with Gasteiger partial charge in [-0.25, -0.2) is 0 Å². The predicted molar refractivity (Wildman–Crippen MR) is 145 cm³/mol. The Kier molecular flexibility index (Phi) is 8.28. The van der Waals surface area contributed by atoms with Crippen molar-refractivity contribution in [1.29, 1.82) is 0 Å². The molecule has 0 heterocycles. The number of nitrogens with one attached hydrogen (secondary N) is 1. The highest BCUT2D eigenvalue weighted by Crippen LogP contribution is 2.34. The van der Waals surface area contributed by atoms with Gasteiger partial charge in [0.25, 0.3) is 5.91 Å². The minimum atomic E-state index is -0.663. The number of phenols is 1. The zero-order valence-corrected chi connectivity index (χ0v) is 21.4. The third-order valence-corrected chi connectivity index (χ3v) is 6.28. The van der Waals surface area contributed by atoms with E-state index in [0.29, 0.717) is 17.1 Å². The number of rotatable bonds is 9. The number of ether oxygens (including phenoxy) is 3. The van der Waals surface area contributed by atoms with Gasteiger partial charge in [-0.15, -0.1) is 0 Å². The van der Waals surface area contributed by atoms with Crippen LogP contribution in [0.2, 0.25) is 0 Å². The highest BCUT2D eigenvalue weighted by atomic mass is 16.5. The molecule has 4 aromatic carbocycles. The summed E-state index contributed by atoms with van der Waals surface area (Å²) in [5.74, 6) is -0.0438. The van der Waals surface area contributed by atoms with Crippen molar-refractivity contribution in [2.45, 2.75) is 12.5 Å². The predicted octanol–water partition coefficient (Wildman–Crippen LogP) is 5.78. The van der Waals surface area contributed by atoms with E-state index in [1.165, 1.54) is 13.2 Å². The van der Waals surface area contributed by atoms with Crippen LogP contribution in [0.3, 0.4) is 0 Å². The summed E-state index contributed by atoms with van der Waals surface area (Å²) in [5.41, 5.74) is 4.36. The van der Waals surface area contributed by atoms with Gasteiger partial charge in [0, 0.05) is 0 Å². The summed E-state index contributed by atoms with van der Waals surface area (Å²) in [6, 6.07) is 27.0. The SMILES string of the molecule is COC(=O)CC(NC(=O)c1cc(-c2ccc(OC)c(OC)c2)ccc1O)c1ccc(-c2ccccc2)cc1. The molecule has 0 aliphatic carbocycles. The Balaban J connectivity index is 1.61. The topological polar surface area (TPSA) is 94.1 Å². The molecule has 0 saturated carbocycles. The van der Waals surface area contributed by atoms with Crippen LogP contribution in [0, 0.1) is 0 Å². The van der Waals surface area contributed by atoms with Crippen molar-refractivity contribution in [1.82, 2.24) is 5.32 Å². The van der Waals surface area contributed by atoms with Gasteiger partial charge in [-0.05, 0) is 52.1 Å². The molecule has 7 nitrogen and oxygen atoms in total. The van der Waals surface area contributed by atoms with E-state index < -0.39 is 17.9 Å². The van der Waals surface area contributed by atoms with Crippen molar-refractivity contribution in [2.24, 2.45) is 0 Å². The second-order valence-corrected chi connectivity index (χ2v) is 8.60. The van der Waals surface area contributed by atoms with Gasteiger partial charge in [-0.2, -0.15) is 0 Å². The molecule has 38 heavy (non-hydrogen) atoms. The number of esters is 1. The number of amides is 1. The summed E-state index contributed by atoms with van der Waals surface area (Å²) in [5, 5.41) is 13.4. The zero-order valence-electron chi connectivity index (χ0n) is 21.4. The van der Waals surface area contributed by atoms with Gasteiger partial charge < -0.3 is 24.6 Å². The Morgan fingerprint density at radius 2 is 1.34 bits per heavy atom. The van der Waals surface area contributed by atoms with Crippen LogP contribution in [-0.2, 0) is 9.53 Å². The summed E-state index contributed by atoms with van der Waals surface area (Å²) < 4.78 is 15.6. The van der Waals surface area contributed by atoms with Crippen molar-refractivity contribution in [3.8, 4) is 39.5 Å². The molecule has 0 aliphatic heterocycles. The Labute approximate surface area is 221 Å². The average Bonchev–Trinajstić information content (AvgIpc) is 2.97. The van der Waals surface area contributed by atoms with E-state index in [9.17, 15) is 14.7 Å². The third-order valence-electron chi connectivity index (χ3n) is 6.28. The Bertz CT molecular complexity index is 1420. The smallest absolute Gasteiger partial charge is 0.307 e. The molecular weight excluding hydrogens is 482 g/mol. The number of hydrogen-bond acceptors (Lipinski definition) is 6. The molecule has 194 valence electrons. The molecule has 0 aliphatic rings. The lowest BCUT2D eigenvalue weighted by atomic mass is 9.98. The molecule has 0 spiro atoms. The second kappa shape index (κ2) is 12.0. The lowest BCUT2D eigenvalue weighted by molar-refractivity contribution is -0.141. The maximum absolute atomic E-state index is 13.3. The Morgan fingerprint density at radius 1 is 0.737 bits per heavy atom. The Hall–Kier alpha value is -4.78. The van der Waals surface area contributed by atoms with Gasteiger partial charge in [0.15, 0.2) is 11.5 Å². The molecule has 0 aromatic heterocycles. The maximum atomic E-state index is 13.3. The first-order valence-electron chi connectivity index (χ1n) is 12.0. The van der Waals surface area contributed by atoms with Crippen molar-refractivity contribution in [3.05, 3.63) is 102 Å². The first kappa shape index (κ1) is 26.3. The first-order chi connectivity index (χ1) is 18.4. The summed E-state index contributed by atoms with van der Waals surface area (Å²) >= 11 is 0. The van der Waals surface area contributed by atoms with Crippen molar-refractivity contribution in [2.75, 3.05) is 21.3 Å².